The number of halogens is 4. The topological polar surface area (TPSA) is 9.23 Å². The first-order valence-corrected chi connectivity index (χ1v) is 10.5. The second kappa shape index (κ2) is 7.63. The van der Waals surface area contributed by atoms with Crippen LogP contribution < -0.4 is 4.74 Å². The average molecular weight is 384 g/mol. The summed E-state index contributed by atoms with van der Waals surface area (Å²) in [4.78, 5) is 0. The van der Waals surface area contributed by atoms with Crippen molar-refractivity contribution in [1.82, 2.24) is 0 Å². The van der Waals surface area contributed by atoms with Gasteiger partial charge in [-0.15, -0.1) is 0 Å². The summed E-state index contributed by atoms with van der Waals surface area (Å²) in [5.41, 5.74) is -0.657. The Hall–Kier alpha value is -1.26. The molecule has 1 aromatic rings. The van der Waals surface area contributed by atoms with Gasteiger partial charge in [-0.2, -0.15) is 13.2 Å². The Bertz CT molecular complexity index is 655. The van der Waals surface area contributed by atoms with E-state index < -0.39 is 17.6 Å². The minimum atomic E-state index is -4.69. The number of hydrogen-bond donors (Lipinski definition) is 0. The van der Waals surface area contributed by atoms with Gasteiger partial charge in [0, 0.05) is 0 Å². The van der Waals surface area contributed by atoms with Crippen LogP contribution in [0.3, 0.4) is 0 Å². The van der Waals surface area contributed by atoms with Crippen LogP contribution in [-0.4, -0.2) is 6.10 Å². The van der Waals surface area contributed by atoms with Gasteiger partial charge in [-0.25, -0.2) is 4.39 Å². The van der Waals surface area contributed by atoms with Gasteiger partial charge in [-0.1, -0.05) is 38.2 Å². The van der Waals surface area contributed by atoms with E-state index in [-0.39, 0.29) is 11.9 Å². The van der Waals surface area contributed by atoms with Crippen molar-refractivity contribution in [3.05, 3.63) is 29.1 Å². The fourth-order valence-electron chi connectivity index (χ4n) is 5.57. The first-order chi connectivity index (χ1) is 12.9. The number of benzene rings is 1. The Kier molecular flexibility index (Phi) is 5.39. The van der Waals surface area contributed by atoms with E-state index in [1.807, 2.05) is 0 Å². The molecule has 1 nitrogen and oxygen atoms in total. The van der Waals surface area contributed by atoms with Gasteiger partial charge in [0.15, 0.2) is 11.6 Å². The van der Waals surface area contributed by atoms with Crippen molar-refractivity contribution >= 4 is 0 Å². The fraction of sp³-hybridized carbons (Fsp3) is 0.727. The highest BCUT2D eigenvalue weighted by atomic mass is 19.4. The first kappa shape index (κ1) is 19.1. The maximum atomic E-state index is 14.5. The molecule has 0 N–H and O–H groups in total. The molecule has 4 rings (SSSR count). The van der Waals surface area contributed by atoms with Gasteiger partial charge in [-0.3, -0.25) is 0 Å². The summed E-state index contributed by atoms with van der Waals surface area (Å²) in [5, 5.41) is 0. The van der Waals surface area contributed by atoms with E-state index in [1.54, 1.807) is 0 Å². The second-order valence-electron chi connectivity index (χ2n) is 8.68. The molecule has 1 heterocycles. The quantitative estimate of drug-likeness (QED) is 0.503. The minimum absolute atomic E-state index is 0.150. The van der Waals surface area contributed by atoms with Crippen LogP contribution >= 0.6 is 0 Å². The lowest BCUT2D eigenvalue weighted by Gasteiger charge is -2.39. The maximum absolute atomic E-state index is 14.5. The molecule has 5 heteroatoms. The van der Waals surface area contributed by atoms with E-state index in [4.69, 9.17) is 4.74 Å². The smallest absolute Gasteiger partial charge is 0.419 e. The van der Waals surface area contributed by atoms with Crippen LogP contribution in [0.5, 0.6) is 5.75 Å². The predicted molar refractivity (Wildman–Crippen MR) is 96.2 cm³/mol. The number of aryl methyl sites for hydroxylation is 1. The van der Waals surface area contributed by atoms with Gasteiger partial charge < -0.3 is 4.74 Å². The second-order valence-corrected chi connectivity index (χ2v) is 8.68. The van der Waals surface area contributed by atoms with E-state index in [0.29, 0.717) is 17.9 Å². The van der Waals surface area contributed by atoms with Crippen LogP contribution in [0.2, 0.25) is 0 Å². The third-order valence-electron chi connectivity index (χ3n) is 7.11. The number of hydrogen-bond acceptors (Lipinski definition) is 1. The van der Waals surface area contributed by atoms with Crippen LogP contribution in [0.25, 0.3) is 0 Å². The van der Waals surface area contributed by atoms with Gasteiger partial charge >= 0.3 is 6.18 Å². The van der Waals surface area contributed by atoms with Crippen molar-refractivity contribution in [3.8, 4) is 5.75 Å². The van der Waals surface area contributed by atoms with Crippen LogP contribution in [0.4, 0.5) is 17.6 Å². The summed E-state index contributed by atoms with van der Waals surface area (Å²) in [7, 11) is 0. The molecule has 0 aromatic heterocycles. The molecule has 2 aliphatic carbocycles. The van der Waals surface area contributed by atoms with Crippen molar-refractivity contribution in [1.29, 1.82) is 0 Å². The van der Waals surface area contributed by atoms with Gasteiger partial charge in [0.1, 0.15) is 6.10 Å². The number of rotatable bonds is 2. The summed E-state index contributed by atoms with van der Waals surface area (Å²) in [6.45, 7) is 0. The summed E-state index contributed by atoms with van der Waals surface area (Å²) < 4.78 is 59.3. The van der Waals surface area contributed by atoms with Crippen LogP contribution in [0, 0.1) is 23.6 Å². The molecule has 3 aliphatic rings. The van der Waals surface area contributed by atoms with Crippen LogP contribution in [-0.2, 0) is 12.6 Å². The van der Waals surface area contributed by atoms with E-state index >= 15 is 0 Å². The summed E-state index contributed by atoms with van der Waals surface area (Å²) in [6, 6.07) is 2.21. The standard InChI is InChI=1S/C22H28F4O/c23-20-18(22(24,25)26)12-10-17-11-13-19(27-21(17)20)16-8-6-15(7-9-16)14-4-2-1-3-5-14/h10,12,14-16,19H,1-9,11,13H2. The van der Waals surface area contributed by atoms with Crippen molar-refractivity contribution < 1.29 is 22.3 Å². The normalized spacial score (nSPS) is 29.9. The van der Waals surface area contributed by atoms with Crippen molar-refractivity contribution in [2.45, 2.75) is 82.9 Å². The molecule has 1 aliphatic heterocycles. The lowest BCUT2D eigenvalue weighted by Crippen LogP contribution is -2.35. The molecule has 0 radical (unpaired) electrons. The molecular formula is C22H28F4O. The third-order valence-corrected chi connectivity index (χ3v) is 7.11. The summed E-state index contributed by atoms with van der Waals surface area (Å²) in [5.74, 6) is 0.605. The SMILES string of the molecule is Fc1c(C(F)(F)F)ccc2c1OC(C1CCC(C3CCCCC3)CC1)CC2. The molecule has 1 atom stereocenters. The van der Waals surface area contributed by atoms with E-state index in [2.05, 4.69) is 0 Å². The van der Waals surface area contributed by atoms with Crippen LogP contribution in [0.1, 0.15) is 75.3 Å². The summed E-state index contributed by atoms with van der Waals surface area (Å²) >= 11 is 0. The van der Waals surface area contributed by atoms with Crippen molar-refractivity contribution in [2.24, 2.45) is 17.8 Å². The molecule has 2 fully saturated rings. The highest BCUT2D eigenvalue weighted by molar-refractivity contribution is 5.42. The van der Waals surface area contributed by atoms with Crippen LogP contribution in [0.15, 0.2) is 12.1 Å². The third kappa shape index (κ3) is 3.97. The number of alkyl halides is 3. The largest absolute Gasteiger partial charge is 0.487 e. The zero-order valence-electron chi connectivity index (χ0n) is 15.7. The Morgan fingerprint density at radius 1 is 0.778 bits per heavy atom. The Balaban J connectivity index is 1.41. The Morgan fingerprint density at radius 3 is 2.07 bits per heavy atom. The van der Waals surface area contributed by atoms with Crippen molar-refractivity contribution in [3.63, 3.8) is 0 Å². The molecule has 150 valence electrons. The highest BCUT2D eigenvalue weighted by Gasteiger charge is 2.39. The number of fused-ring (bicyclic) bond motifs is 1. The molecular weight excluding hydrogens is 356 g/mol. The number of ether oxygens (including phenoxy) is 1. The molecule has 0 amide bonds. The average Bonchev–Trinajstić information content (AvgIpc) is 2.68. The zero-order valence-corrected chi connectivity index (χ0v) is 15.7. The molecule has 2 saturated carbocycles. The van der Waals surface area contributed by atoms with E-state index in [9.17, 15) is 17.6 Å². The van der Waals surface area contributed by atoms with Gasteiger partial charge in [0.05, 0.1) is 5.56 Å². The zero-order chi connectivity index (χ0) is 19.0. The fourth-order valence-corrected chi connectivity index (χ4v) is 5.57. The molecule has 1 aromatic carbocycles. The van der Waals surface area contributed by atoms with Crippen molar-refractivity contribution in [2.75, 3.05) is 0 Å². The molecule has 27 heavy (non-hydrogen) atoms. The van der Waals surface area contributed by atoms with E-state index in [1.165, 1.54) is 51.0 Å². The van der Waals surface area contributed by atoms with Gasteiger partial charge in [-0.05, 0) is 67.9 Å². The predicted octanol–water partition coefficient (Wildman–Crippen LogP) is 6.92. The van der Waals surface area contributed by atoms with E-state index in [0.717, 1.165) is 37.2 Å². The minimum Gasteiger partial charge on any atom is -0.487 e. The first-order valence-electron chi connectivity index (χ1n) is 10.5. The molecule has 1 unspecified atom stereocenters. The molecule has 0 spiro atoms. The molecule has 0 bridgehead atoms. The highest BCUT2D eigenvalue weighted by Crippen LogP contribution is 2.44. The maximum Gasteiger partial charge on any atom is 0.419 e. The van der Waals surface area contributed by atoms with Gasteiger partial charge in [0.2, 0.25) is 0 Å². The molecule has 0 saturated heterocycles. The van der Waals surface area contributed by atoms with Gasteiger partial charge in [0.25, 0.3) is 0 Å². The monoisotopic (exact) mass is 384 g/mol. The Labute approximate surface area is 158 Å². The summed E-state index contributed by atoms with van der Waals surface area (Å²) in [6.07, 6.45) is 7.81. The lowest BCUT2D eigenvalue weighted by atomic mass is 9.69. The lowest BCUT2D eigenvalue weighted by molar-refractivity contribution is -0.140. The Morgan fingerprint density at radius 2 is 1.41 bits per heavy atom.